The van der Waals surface area contributed by atoms with Crippen molar-refractivity contribution in [3.8, 4) is 22.8 Å². The van der Waals surface area contributed by atoms with Gasteiger partial charge < -0.3 is 9.40 Å². The van der Waals surface area contributed by atoms with Crippen LogP contribution in [0.2, 0.25) is 0 Å². The monoisotopic (exact) mass is 264 g/mol. The fourth-order valence-corrected chi connectivity index (χ4v) is 2.34. The first-order chi connectivity index (χ1) is 9.83. The van der Waals surface area contributed by atoms with Crippen LogP contribution in [-0.4, -0.2) is 19.7 Å². The molecule has 0 unspecified atom stereocenters. The molecule has 3 heterocycles. The van der Waals surface area contributed by atoms with Gasteiger partial charge in [0.15, 0.2) is 17.2 Å². The molecule has 0 aliphatic heterocycles. The first-order valence-electron chi connectivity index (χ1n) is 6.35. The first kappa shape index (κ1) is 11.0. The standard InChI is InChI=1S/C15H12N4O/c1-19-15-13(12(18-19)10-6-3-2-4-7-10)16-14(17-15)11-8-5-9-20-11/h2-9H,1H3,(H,16,17). The molecule has 1 aromatic carbocycles. The number of hydrogen-bond acceptors (Lipinski definition) is 3. The molecule has 0 amide bonds. The Morgan fingerprint density at radius 3 is 2.70 bits per heavy atom. The topological polar surface area (TPSA) is 59.6 Å². The van der Waals surface area contributed by atoms with E-state index in [9.17, 15) is 0 Å². The molecule has 0 saturated heterocycles. The molecule has 4 aromatic rings. The highest BCUT2D eigenvalue weighted by molar-refractivity contribution is 5.89. The van der Waals surface area contributed by atoms with Gasteiger partial charge in [0.25, 0.3) is 0 Å². The van der Waals surface area contributed by atoms with Crippen molar-refractivity contribution in [2.24, 2.45) is 7.05 Å². The van der Waals surface area contributed by atoms with Gasteiger partial charge in [-0.25, -0.2) is 9.67 Å². The minimum absolute atomic E-state index is 0.718. The Morgan fingerprint density at radius 1 is 1.10 bits per heavy atom. The minimum Gasteiger partial charge on any atom is -0.461 e. The third-order valence-electron chi connectivity index (χ3n) is 3.28. The van der Waals surface area contributed by atoms with Gasteiger partial charge >= 0.3 is 0 Å². The SMILES string of the molecule is Cn1nc(-c2ccccc2)c2[nH]c(-c3ccco3)nc21. The van der Waals surface area contributed by atoms with Gasteiger partial charge in [0.05, 0.1) is 6.26 Å². The number of fused-ring (bicyclic) bond motifs is 1. The number of aromatic nitrogens is 4. The van der Waals surface area contributed by atoms with Crippen LogP contribution in [-0.2, 0) is 7.05 Å². The van der Waals surface area contributed by atoms with Crippen molar-refractivity contribution in [3.05, 3.63) is 48.7 Å². The second-order valence-corrected chi connectivity index (χ2v) is 4.60. The number of aromatic amines is 1. The van der Waals surface area contributed by atoms with Crippen LogP contribution < -0.4 is 0 Å². The normalized spacial score (nSPS) is 11.2. The third kappa shape index (κ3) is 1.56. The van der Waals surface area contributed by atoms with Crippen LogP contribution >= 0.6 is 0 Å². The molecule has 5 heteroatoms. The van der Waals surface area contributed by atoms with Gasteiger partial charge in [0.1, 0.15) is 11.2 Å². The van der Waals surface area contributed by atoms with E-state index in [4.69, 9.17) is 4.42 Å². The summed E-state index contributed by atoms with van der Waals surface area (Å²) < 4.78 is 7.16. The molecule has 98 valence electrons. The molecule has 0 bridgehead atoms. The van der Waals surface area contributed by atoms with Crippen LogP contribution in [0.3, 0.4) is 0 Å². The summed E-state index contributed by atoms with van der Waals surface area (Å²) >= 11 is 0. The van der Waals surface area contributed by atoms with Crippen molar-refractivity contribution in [1.29, 1.82) is 0 Å². The Labute approximate surface area is 114 Å². The van der Waals surface area contributed by atoms with E-state index in [1.54, 1.807) is 10.9 Å². The van der Waals surface area contributed by atoms with E-state index in [2.05, 4.69) is 15.1 Å². The zero-order valence-electron chi connectivity index (χ0n) is 10.9. The predicted octanol–water partition coefficient (Wildman–Crippen LogP) is 3.22. The average Bonchev–Trinajstić information content (AvgIpc) is 3.17. The molecule has 1 N–H and O–H groups in total. The number of H-pyrrole nitrogens is 1. The number of nitrogens with zero attached hydrogens (tertiary/aromatic N) is 3. The maximum atomic E-state index is 5.38. The van der Waals surface area contributed by atoms with Crippen LogP contribution in [0.1, 0.15) is 0 Å². The van der Waals surface area contributed by atoms with Crippen LogP contribution in [0.25, 0.3) is 34.0 Å². The summed E-state index contributed by atoms with van der Waals surface area (Å²) in [6.07, 6.45) is 1.64. The molecule has 3 aromatic heterocycles. The smallest absolute Gasteiger partial charge is 0.177 e. The van der Waals surface area contributed by atoms with Crippen LogP contribution in [0.5, 0.6) is 0 Å². The van der Waals surface area contributed by atoms with Crippen molar-refractivity contribution in [3.63, 3.8) is 0 Å². The molecular formula is C15H12N4O. The van der Waals surface area contributed by atoms with Gasteiger partial charge in [-0.1, -0.05) is 30.3 Å². The van der Waals surface area contributed by atoms with E-state index < -0.39 is 0 Å². The molecule has 0 radical (unpaired) electrons. The summed E-state index contributed by atoms with van der Waals surface area (Å²) in [6.45, 7) is 0. The summed E-state index contributed by atoms with van der Waals surface area (Å²) in [5.74, 6) is 1.44. The average molecular weight is 264 g/mol. The fourth-order valence-electron chi connectivity index (χ4n) is 2.34. The van der Waals surface area contributed by atoms with Crippen molar-refractivity contribution in [2.75, 3.05) is 0 Å². The number of rotatable bonds is 2. The second-order valence-electron chi connectivity index (χ2n) is 4.60. The zero-order chi connectivity index (χ0) is 13.5. The summed E-state index contributed by atoms with van der Waals surface area (Å²) in [5, 5.41) is 4.53. The van der Waals surface area contributed by atoms with Crippen LogP contribution in [0.4, 0.5) is 0 Å². The summed E-state index contributed by atoms with van der Waals surface area (Å²) in [5.41, 5.74) is 3.70. The number of aryl methyl sites for hydroxylation is 1. The van der Waals surface area contributed by atoms with Crippen LogP contribution in [0, 0.1) is 0 Å². The second kappa shape index (κ2) is 4.09. The Morgan fingerprint density at radius 2 is 1.95 bits per heavy atom. The summed E-state index contributed by atoms with van der Waals surface area (Å²) in [4.78, 5) is 7.85. The van der Waals surface area contributed by atoms with E-state index in [-0.39, 0.29) is 0 Å². The highest BCUT2D eigenvalue weighted by atomic mass is 16.3. The third-order valence-corrected chi connectivity index (χ3v) is 3.28. The Hall–Kier alpha value is -2.82. The lowest BCUT2D eigenvalue weighted by atomic mass is 10.1. The Bertz CT molecular complexity index is 856. The fraction of sp³-hybridized carbons (Fsp3) is 0.0667. The van der Waals surface area contributed by atoms with E-state index in [1.807, 2.05) is 49.5 Å². The van der Waals surface area contributed by atoms with Gasteiger partial charge in [-0.2, -0.15) is 5.10 Å². The Balaban J connectivity index is 1.95. The lowest BCUT2D eigenvalue weighted by Crippen LogP contribution is -1.91. The first-order valence-corrected chi connectivity index (χ1v) is 6.35. The molecule has 0 fully saturated rings. The molecular weight excluding hydrogens is 252 g/mol. The number of furan rings is 1. The van der Waals surface area contributed by atoms with Gasteiger partial charge in [0, 0.05) is 12.6 Å². The zero-order valence-corrected chi connectivity index (χ0v) is 10.9. The molecule has 0 spiro atoms. The largest absolute Gasteiger partial charge is 0.461 e. The number of nitrogens with one attached hydrogen (secondary N) is 1. The van der Waals surface area contributed by atoms with Gasteiger partial charge in [-0.15, -0.1) is 0 Å². The molecule has 0 saturated carbocycles. The van der Waals surface area contributed by atoms with Gasteiger partial charge in [0.2, 0.25) is 0 Å². The summed E-state index contributed by atoms with van der Waals surface area (Å²) in [6, 6.07) is 13.8. The quantitative estimate of drug-likeness (QED) is 0.604. The molecule has 0 aliphatic carbocycles. The lowest BCUT2D eigenvalue weighted by Gasteiger charge is -1.96. The number of hydrogen-bond donors (Lipinski definition) is 1. The van der Waals surface area contributed by atoms with Crippen molar-refractivity contribution < 1.29 is 4.42 Å². The van der Waals surface area contributed by atoms with Crippen molar-refractivity contribution in [1.82, 2.24) is 19.7 Å². The molecule has 5 nitrogen and oxygen atoms in total. The van der Waals surface area contributed by atoms with Crippen molar-refractivity contribution >= 4 is 11.2 Å². The molecule has 4 rings (SSSR count). The highest BCUT2D eigenvalue weighted by Crippen LogP contribution is 2.28. The number of imidazole rings is 1. The lowest BCUT2D eigenvalue weighted by molar-refractivity contribution is 0.578. The molecule has 20 heavy (non-hydrogen) atoms. The Kier molecular flexibility index (Phi) is 2.26. The number of benzene rings is 1. The summed E-state index contributed by atoms with van der Waals surface area (Å²) in [7, 11) is 1.89. The molecule has 0 aliphatic rings. The van der Waals surface area contributed by atoms with E-state index in [0.717, 1.165) is 34.0 Å². The van der Waals surface area contributed by atoms with Crippen molar-refractivity contribution in [2.45, 2.75) is 0 Å². The maximum absolute atomic E-state index is 5.38. The highest BCUT2D eigenvalue weighted by Gasteiger charge is 2.16. The van der Waals surface area contributed by atoms with E-state index in [1.165, 1.54) is 0 Å². The van der Waals surface area contributed by atoms with E-state index in [0.29, 0.717) is 0 Å². The van der Waals surface area contributed by atoms with Gasteiger partial charge in [-0.05, 0) is 12.1 Å². The van der Waals surface area contributed by atoms with Crippen LogP contribution in [0.15, 0.2) is 53.1 Å². The predicted molar refractivity (Wildman–Crippen MR) is 76.0 cm³/mol. The maximum Gasteiger partial charge on any atom is 0.177 e. The van der Waals surface area contributed by atoms with Gasteiger partial charge in [-0.3, -0.25) is 0 Å². The molecule has 0 atom stereocenters. The minimum atomic E-state index is 0.718. The van der Waals surface area contributed by atoms with E-state index >= 15 is 0 Å².